The molecule has 2 atom stereocenters. The second-order valence-electron chi connectivity index (χ2n) is 6.24. The zero-order chi connectivity index (χ0) is 14.1. The van der Waals surface area contributed by atoms with E-state index in [4.69, 9.17) is 10.5 Å². The maximum atomic E-state index is 6.08. The average molecular weight is 270 g/mol. The molecule has 0 aliphatic carbocycles. The van der Waals surface area contributed by atoms with E-state index in [2.05, 4.69) is 25.7 Å². The molecule has 0 aromatic heterocycles. The lowest BCUT2D eigenvalue weighted by Gasteiger charge is -2.45. The minimum atomic E-state index is 0.170. The number of hydrogen-bond donors (Lipinski definition) is 1. The molecule has 1 aliphatic rings. The van der Waals surface area contributed by atoms with Crippen molar-refractivity contribution in [3.63, 3.8) is 0 Å². The highest BCUT2D eigenvalue weighted by Crippen LogP contribution is 2.26. The Balaban J connectivity index is 2.48. The third kappa shape index (κ3) is 5.41. The molecule has 0 amide bonds. The molecule has 19 heavy (non-hydrogen) atoms. The number of unbranched alkanes of at least 4 members (excludes halogenated alkanes) is 2. The Hall–Kier alpha value is -0.120. The molecule has 3 heteroatoms. The second-order valence-corrected chi connectivity index (χ2v) is 6.24. The highest BCUT2D eigenvalue weighted by Gasteiger charge is 2.33. The molecule has 114 valence electrons. The molecule has 0 saturated carbocycles. The molecule has 1 aliphatic heterocycles. The van der Waals surface area contributed by atoms with Gasteiger partial charge in [-0.3, -0.25) is 4.90 Å². The standard InChI is InChI=1S/C16H34N2O/c1-4-6-7-10-16(3,14-17)18-11-8-9-15(13-18)19-12-5-2/h15H,4-14,17H2,1-3H3. The van der Waals surface area contributed by atoms with Crippen LogP contribution in [0.4, 0.5) is 0 Å². The Kier molecular flexibility index (Phi) is 7.96. The van der Waals surface area contributed by atoms with Crippen LogP contribution in [0.15, 0.2) is 0 Å². The molecule has 0 radical (unpaired) electrons. The maximum Gasteiger partial charge on any atom is 0.0702 e. The molecule has 0 aromatic carbocycles. The number of piperidine rings is 1. The first-order valence-corrected chi connectivity index (χ1v) is 8.23. The van der Waals surface area contributed by atoms with Gasteiger partial charge in [0.15, 0.2) is 0 Å². The summed E-state index contributed by atoms with van der Waals surface area (Å²) in [7, 11) is 0. The lowest BCUT2D eigenvalue weighted by Crippen LogP contribution is -2.56. The Labute approximate surface area is 119 Å². The molecule has 0 spiro atoms. The molecule has 1 fully saturated rings. The van der Waals surface area contributed by atoms with Crippen molar-refractivity contribution in [3.05, 3.63) is 0 Å². The van der Waals surface area contributed by atoms with Gasteiger partial charge in [-0.1, -0.05) is 33.1 Å². The van der Waals surface area contributed by atoms with E-state index in [9.17, 15) is 0 Å². The number of ether oxygens (including phenoxy) is 1. The van der Waals surface area contributed by atoms with Crippen LogP contribution in [0.25, 0.3) is 0 Å². The van der Waals surface area contributed by atoms with Crippen LogP contribution in [-0.4, -0.2) is 42.8 Å². The minimum absolute atomic E-state index is 0.170. The topological polar surface area (TPSA) is 38.5 Å². The average Bonchev–Trinajstić information content (AvgIpc) is 2.45. The molecular weight excluding hydrogens is 236 g/mol. The van der Waals surface area contributed by atoms with Gasteiger partial charge < -0.3 is 10.5 Å². The lowest BCUT2D eigenvalue weighted by molar-refractivity contribution is -0.0345. The number of hydrogen-bond acceptors (Lipinski definition) is 3. The predicted octanol–water partition coefficient (Wildman–Crippen LogP) is 3.18. The van der Waals surface area contributed by atoms with Gasteiger partial charge in [-0.15, -0.1) is 0 Å². The fourth-order valence-corrected chi connectivity index (χ4v) is 2.99. The van der Waals surface area contributed by atoms with Crippen molar-refractivity contribution in [2.45, 2.75) is 77.4 Å². The van der Waals surface area contributed by atoms with Crippen LogP contribution in [0, 0.1) is 0 Å². The lowest BCUT2D eigenvalue weighted by atomic mass is 9.90. The first-order chi connectivity index (χ1) is 9.16. The number of likely N-dealkylation sites (tertiary alicyclic amines) is 1. The predicted molar refractivity (Wildman–Crippen MR) is 82.4 cm³/mol. The highest BCUT2D eigenvalue weighted by molar-refractivity contribution is 4.90. The summed E-state index contributed by atoms with van der Waals surface area (Å²) in [4.78, 5) is 2.59. The van der Waals surface area contributed by atoms with Crippen LogP contribution >= 0.6 is 0 Å². The van der Waals surface area contributed by atoms with Crippen molar-refractivity contribution in [2.24, 2.45) is 5.73 Å². The Morgan fingerprint density at radius 2 is 2.05 bits per heavy atom. The number of nitrogens with two attached hydrogens (primary N) is 1. The van der Waals surface area contributed by atoms with Crippen LogP contribution in [0.3, 0.4) is 0 Å². The maximum absolute atomic E-state index is 6.08. The van der Waals surface area contributed by atoms with E-state index in [0.717, 1.165) is 26.1 Å². The number of rotatable bonds is 9. The van der Waals surface area contributed by atoms with Gasteiger partial charge in [0.2, 0.25) is 0 Å². The molecule has 0 aromatic rings. The normalized spacial score (nSPS) is 24.3. The molecule has 1 heterocycles. The van der Waals surface area contributed by atoms with E-state index < -0.39 is 0 Å². The molecule has 3 nitrogen and oxygen atoms in total. The van der Waals surface area contributed by atoms with Crippen LogP contribution in [0.2, 0.25) is 0 Å². The van der Waals surface area contributed by atoms with Crippen LogP contribution in [0.1, 0.15) is 65.7 Å². The van der Waals surface area contributed by atoms with Crippen molar-refractivity contribution in [1.82, 2.24) is 4.90 Å². The summed E-state index contributed by atoms with van der Waals surface area (Å²) >= 11 is 0. The SMILES string of the molecule is CCCCCC(C)(CN)N1CCCC(OCCC)C1. The summed E-state index contributed by atoms with van der Waals surface area (Å²) in [5.41, 5.74) is 6.25. The van der Waals surface area contributed by atoms with E-state index >= 15 is 0 Å². The number of nitrogens with zero attached hydrogens (tertiary/aromatic N) is 1. The van der Waals surface area contributed by atoms with Gasteiger partial charge in [0, 0.05) is 25.2 Å². The van der Waals surface area contributed by atoms with Crippen LogP contribution < -0.4 is 5.73 Å². The van der Waals surface area contributed by atoms with Crippen molar-refractivity contribution in [2.75, 3.05) is 26.2 Å². The zero-order valence-corrected chi connectivity index (χ0v) is 13.3. The van der Waals surface area contributed by atoms with Gasteiger partial charge >= 0.3 is 0 Å². The Bertz CT molecular complexity index is 235. The first-order valence-electron chi connectivity index (χ1n) is 8.23. The van der Waals surface area contributed by atoms with Crippen molar-refractivity contribution in [3.8, 4) is 0 Å². The van der Waals surface area contributed by atoms with E-state index in [1.54, 1.807) is 0 Å². The monoisotopic (exact) mass is 270 g/mol. The largest absolute Gasteiger partial charge is 0.377 e. The van der Waals surface area contributed by atoms with Gasteiger partial charge in [-0.25, -0.2) is 0 Å². The molecule has 2 N–H and O–H groups in total. The molecule has 0 bridgehead atoms. The van der Waals surface area contributed by atoms with Gasteiger partial charge in [-0.05, 0) is 39.2 Å². The van der Waals surface area contributed by atoms with Gasteiger partial charge in [-0.2, -0.15) is 0 Å². The van der Waals surface area contributed by atoms with Gasteiger partial charge in [0.1, 0.15) is 0 Å². The summed E-state index contributed by atoms with van der Waals surface area (Å²) in [6.45, 7) is 10.7. The summed E-state index contributed by atoms with van der Waals surface area (Å²) in [5.74, 6) is 0. The Morgan fingerprint density at radius 3 is 2.68 bits per heavy atom. The molecule has 1 saturated heterocycles. The smallest absolute Gasteiger partial charge is 0.0702 e. The van der Waals surface area contributed by atoms with E-state index in [1.165, 1.54) is 45.1 Å². The van der Waals surface area contributed by atoms with Crippen molar-refractivity contribution >= 4 is 0 Å². The second kappa shape index (κ2) is 8.93. The first kappa shape index (κ1) is 16.9. The zero-order valence-electron chi connectivity index (χ0n) is 13.3. The van der Waals surface area contributed by atoms with Crippen molar-refractivity contribution < 1.29 is 4.74 Å². The summed E-state index contributed by atoms with van der Waals surface area (Å²) < 4.78 is 5.95. The molecule has 1 rings (SSSR count). The van der Waals surface area contributed by atoms with Crippen LogP contribution in [-0.2, 0) is 4.74 Å². The molecular formula is C16H34N2O. The summed E-state index contributed by atoms with van der Waals surface area (Å²) in [6.07, 6.45) is 9.11. The molecule has 2 unspecified atom stereocenters. The van der Waals surface area contributed by atoms with Gasteiger partial charge in [0.05, 0.1) is 6.10 Å². The summed E-state index contributed by atoms with van der Waals surface area (Å²) in [6, 6.07) is 0. The van der Waals surface area contributed by atoms with E-state index in [1.807, 2.05) is 0 Å². The van der Waals surface area contributed by atoms with Crippen LogP contribution in [0.5, 0.6) is 0 Å². The third-order valence-electron chi connectivity index (χ3n) is 4.46. The van der Waals surface area contributed by atoms with E-state index in [0.29, 0.717) is 6.10 Å². The third-order valence-corrected chi connectivity index (χ3v) is 4.46. The fourth-order valence-electron chi connectivity index (χ4n) is 2.99. The summed E-state index contributed by atoms with van der Waals surface area (Å²) in [5, 5.41) is 0. The fraction of sp³-hybridized carbons (Fsp3) is 1.00. The van der Waals surface area contributed by atoms with Crippen molar-refractivity contribution in [1.29, 1.82) is 0 Å². The highest BCUT2D eigenvalue weighted by atomic mass is 16.5. The Morgan fingerprint density at radius 1 is 1.26 bits per heavy atom. The van der Waals surface area contributed by atoms with E-state index in [-0.39, 0.29) is 5.54 Å². The quantitative estimate of drug-likeness (QED) is 0.654. The minimum Gasteiger partial charge on any atom is -0.377 e. The van der Waals surface area contributed by atoms with Gasteiger partial charge in [0.25, 0.3) is 0 Å².